The number of benzene rings is 1. The van der Waals surface area contributed by atoms with Crippen LogP contribution >= 0.6 is 0 Å². The summed E-state index contributed by atoms with van der Waals surface area (Å²) in [5, 5.41) is 3.40. The van der Waals surface area contributed by atoms with E-state index in [-0.39, 0.29) is 24.0 Å². The first kappa shape index (κ1) is 16.7. The largest absolute Gasteiger partial charge is 0.468 e. The maximum absolute atomic E-state index is 11.8. The van der Waals surface area contributed by atoms with Gasteiger partial charge in [0.1, 0.15) is 6.04 Å². The van der Waals surface area contributed by atoms with Crippen molar-refractivity contribution in [2.24, 2.45) is 5.92 Å². The van der Waals surface area contributed by atoms with Gasteiger partial charge in [-0.05, 0) is 55.9 Å². The van der Waals surface area contributed by atoms with Gasteiger partial charge in [0.05, 0.1) is 7.11 Å². The normalized spacial score (nSPS) is 14.2. The fraction of sp³-hybridized carbons (Fsp3) is 0.588. The minimum absolute atomic E-state index is 0.112. The average molecular weight is 277 g/mol. The minimum Gasteiger partial charge on any atom is -0.468 e. The lowest BCUT2D eigenvalue weighted by atomic mass is 9.95. The maximum atomic E-state index is 11.8. The van der Waals surface area contributed by atoms with Crippen LogP contribution in [0.2, 0.25) is 0 Å². The van der Waals surface area contributed by atoms with E-state index in [0.717, 1.165) is 0 Å². The first-order chi connectivity index (χ1) is 9.27. The predicted octanol–water partition coefficient (Wildman–Crippen LogP) is 3.46. The zero-order chi connectivity index (χ0) is 15.4. The summed E-state index contributed by atoms with van der Waals surface area (Å²) >= 11 is 0. The molecule has 0 radical (unpaired) electrons. The number of hydrogen-bond acceptors (Lipinski definition) is 3. The second-order valence-electron chi connectivity index (χ2n) is 5.93. The van der Waals surface area contributed by atoms with Crippen molar-refractivity contribution in [3.8, 4) is 0 Å². The molecule has 0 aliphatic carbocycles. The highest BCUT2D eigenvalue weighted by atomic mass is 16.5. The molecule has 0 saturated heterocycles. The van der Waals surface area contributed by atoms with E-state index in [1.54, 1.807) is 0 Å². The third-order valence-corrected chi connectivity index (χ3v) is 3.90. The molecule has 20 heavy (non-hydrogen) atoms. The van der Waals surface area contributed by atoms with Crippen LogP contribution in [-0.2, 0) is 9.53 Å². The quantitative estimate of drug-likeness (QED) is 0.838. The lowest BCUT2D eigenvalue weighted by Gasteiger charge is -2.26. The Morgan fingerprint density at radius 1 is 1.05 bits per heavy atom. The van der Waals surface area contributed by atoms with Gasteiger partial charge in [-0.2, -0.15) is 0 Å². The Morgan fingerprint density at radius 3 is 2.10 bits per heavy atom. The van der Waals surface area contributed by atoms with E-state index >= 15 is 0 Å². The zero-order valence-corrected chi connectivity index (χ0v) is 13.7. The molecule has 2 atom stereocenters. The van der Waals surface area contributed by atoms with Gasteiger partial charge < -0.3 is 4.74 Å². The second-order valence-corrected chi connectivity index (χ2v) is 5.93. The Bertz CT molecular complexity index is 480. The molecule has 0 amide bonds. The Hall–Kier alpha value is -1.35. The number of methoxy groups -OCH3 is 1. The molecule has 112 valence electrons. The lowest BCUT2D eigenvalue weighted by Crippen LogP contribution is -2.43. The first-order valence-electron chi connectivity index (χ1n) is 7.19. The van der Waals surface area contributed by atoms with E-state index in [2.05, 4.69) is 45.1 Å². The van der Waals surface area contributed by atoms with Gasteiger partial charge in [-0.1, -0.05) is 26.0 Å². The van der Waals surface area contributed by atoms with Crippen molar-refractivity contribution in [3.63, 3.8) is 0 Å². The van der Waals surface area contributed by atoms with Crippen LogP contribution in [0.3, 0.4) is 0 Å². The molecule has 0 aliphatic rings. The Balaban J connectivity index is 2.97. The number of rotatable bonds is 5. The monoisotopic (exact) mass is 277 g/mol. The van der Waals surface area contributed by atoms with Crippen LogP contribution in [0.4, 0.5) is 0 Å². The van der Waals surface area contributed by atoms with Crippen molar-refractivity contribution < 1.29 is 9.53 Å². The van der Waals surface area contributed by atoms with Crippen LogP contribution in [-0.4, -0.2) is 19.1 Å². The molecule has 0 fully saturated rings. The lowest BCUT2D eigenvalue weighted by molar-refractivity contribution is -0.144. The molecule has 1 N–H and O–H groups in total. The first-order valence-corrected chi connectivity index (χ1v) is 7.19. The molecule has 3 heteroatoms. The molecular formula is C17H27NO2. The van der Waals surface area contributed by atoms with Gasteiger partial charge >= 0.3 is 5.97 Å². The molecule has 0 bridgehead atoms. The highest BCUT2D eigenvalue weighted by molar-refractivity contribution is 5.76. The van der Waals surface area contributed by atoms with E-state index in [0.29, 0.717) is 0 Å². The maximum Gasteiger partial charge on any atom is 0.323 e. The van der Waals surface area contributed by atoms with Crippen molar-refractivity contribution in [2.45, 2.75) is 53.6 Å². The van der Waals surface area contributed by atoms with Gasteiger partial charge in [0.15, 0.2) is 0 Å². The smallest absolute Gasteiger partial charge is 0.323 e. The summed E-state index contributed by atoms with van der Waals surface area (Å²) in [6.07, 6.45) is 0. The summed E-state index contributed by atoms with van der Waals surface area (Å²) in [5.74, 6) is -0.00918. The van der Waals surface area contributed by atoms with Crippen molar-refractivity contribution >= 4 is 5.97 Å². The van der Waals surface area contributed by atoms with Crippen LogP contribution in [0.5, 0.6) is 0 Å². The molecular weight excluding hydrogens is 250 g/mol. The number of esters is 1. The highest BCUT2D eigenvalue weighted by Gasteiger charge is 2.25. The van der Waals surface area contributed by atoms with Gasteiger partial charge in [0, 0.05) is 6.04 Å². The topological polar surface area (TPSA) is 38.3 Å². The second kappa shape index (κ2) is 6.89. The number of carbonyl (C=O) groups is 1. The third-order valence-electron chi connectivity index (χ3n) is 3.90. The number of nitrogens with one attached hydrogen (secondary N) is 1. The van der Waals surface area contributed by atoms with Gasteiger partial charge in [-0.3, -0.25) is 10.1 Å². The third kappa shape index (κ3) is 3.83. The Morgan fingerprint density at radius 2 is 1.60 bits per heavy atom. The van der Waals surface area contributed by atoms with Crippen LogP contribution in [0, 0.1) is 26.7 Å². The molecule has 1 unspecified atom stereocenters. The van der Waals surface area contributed by atoms with Crippen molar-refractivity contribution in [2.75, 3.05) is 7.11 Å². The van der Waals surface area contributed by atoms with Crippen molar-refractivity contribution in [1.29, 1.82) is 0 Å². The van der Waals surface area contributed by atoms with Gasteiger partial charge in [0.2, 0.25) is 0 Å². The predicted molar refractivity (Wildman–Crippen MR) is 82.8 cm³/mol. The van der Waals surface area contributed by atoms with E-state index in [1.165, 1.54) is 29.4 Å². The number of ether oxygens (including phenoxy) is 1. The summed E-state index contributed by atoms with van der Waals surface area (Å²) in [6, 6.07) is 4.24. The van der Waals surface area contributed by atoms with E-state index in [1.807, 2.05) is 13.8 Å². The van der Waals surface area contributed by atoms with Crippen LogP contribution < -0.4 is 5.32 Å². The van der Waals surface area contributed by atoms with Crippen molar-refractivity contribution in [3.05, 3.63) is 34.4 Å². The fourth-order valence-corrected chi connectivity index (χ4v) is 2.47. The summed E-state index contributed by atoms with van der Waals surface area (Å²) in [7, 11) is 1.44. The number of carbonyl (C=O) groups excluding carboxylic acids is 1. The van der Waals surface area contributed by atoms with E-state index < -0.39 is 0 Å². The molecule has 1 aromatic rings. The number of aryl methyl sites for hydroxylation is 3. The molecule has 0 heterocycles. The summed E-state index contributed by atoms with van der Waals surface area (Å²) in [4.78, 5) is 11.8. The van der Waals surface area contributed by atoms with Gasteiger partial charge in [0.25, 0.3) is 0 Å². The summed E-state index contributed by atoms with van der Waals surface area (Å²) < 4.78 is 4.88. The van der Waals surface area contributed by atoms with Crippen LogP contribution in [0.25, 0.3) is 0 Å². The summed E-state index contributed by atoms with van der Waals surface area (Å²) in [6.45, 7) is 12.5. The van der Waals surface area contributed by atoms with E-state index in [9.17, 15) is 4.79 Å². The number of hydrogen-bond donors (Lipinski definition) is 1. The van der Waals surface area contributed by atoms with E-state index in [4.69, 9.17) is 4.74 Å². The standard InChI is InChI=1S/C17H27NO2/c1-10(2)16(17(19)20-7)18-14(6)15-9-12(4)11(3)8-13(15)5/h8-10,14,16,18H,1-7H3/t14?,16-/m0/s1. The van der Waals surface area contributed by atoms with Crippen molar-refractivity contribution in [1.82, 2.24) is 5.32 Å². The molecule has 0 spiro atoms. The molecule has 0 aromatic heterocycles. The molecule has 0 aliphatic heterocycles. The minimum atomic E-state index is -0.281. The molecule has 1 rings (SSSR count). The molecule has 0 saturated carbocycles. The molecule has 3 nitrogen and oxygen atoms in total. The van der Waals surface area contributed by atoms with Crippen LogP contribution in [0.15, 0.2) is 12.1 Å². The van der Waals surface area contributed by atoms with Gasteiger partial charge in [-0.15, -0.1) is 0 Å². The molecule has 1 aromatic carbocycles. The van der Waals surface area contributed by atoms with Crippen LogP contribution in [0.1, 0.15) is 49.1 Å². The SMILES string of the molecule is COC(=O)[C@@H](NC(C)c1cc(C)c(C)cc1C)C(C)C. The zero-order valence-electron chi connectivity index (χ0n) is 13.7. The fourth-order valence-electron chi connectivity index (χ4n) is 2.47. The Labute approximate surface area is 122 Å². The van der Waals surface area contributed by atoms with Gasteiger partial charge in [-0.25, -0.2) is 0 Å². The highest BCUT2D eigenvalue weighted by Crippen LogP contribution is 2.23. The average Bonchev–Trinajstić information content (AvgIpc) is 2.38. The Kier molecular flexibility index (Phi) is 5.75. The summed E-state index contributed by atoms with van der Waals surface area (Å²) in [5.41, 5.74) is 5.06.